The molecule has 0 aliphatic heterocycles. The predicted octanol–water partition coefficient (Wildman–Crippen LogP) is 0.427. The number of rotatable bonds is 8. The van der Waals surface area contributed by atoms with Crippen LogP contribution < -0.4 is 10.6 Å². The Bertz CT molecular complexity index is 634. The number of carboxylic acid groups (broad SMARTS) is 1. The number of hydrogen-bond acceptors (Lipinski definition) is 4. The Morgan fingerprint density at radius 2 is 1.88 bits per heavy atom. The third kappa shape index (κ3) is 5.92. The zero-order chi connectivity index (χ0) is 18.3. The van der Waals surface area contributed by atoms with E-state index in [1.807, 2.05) is 0 Å². The van der Waals surface area contributed by atoms with Gasteiger partial charge in [0.25, 0.3) is 5.91 Å². The largest absolute Gasteiger partial charge is 0.479 e. The molecule has 0 fully saturated rings. The van der Waals surface area contributed by atoms with Crippen molar-refractivity contribution in [2.24, 2.45) is 0 Å². The Kier molecular flexibility index (Phi) is 6.78. The summed E-state index contributed by atoms with van der Waals surface area (Å²) in [6.07, 6.45) is 0.192. The molecule has 0 saturated heterocycles. The molecule has 132 valence electrons. The van der Waals surface area contributed by atoms with Gasteiger partial charge in [-0.05, 0) is 25.5 Å². The van der Waals surface area contributed by atoms with Gasteiger partial charge in [-0.15, -0.1) is 0 Å². The maximum absolute atomic E-state index is 13.4. The summed E-state index contributed by atoms with van der Waals surface area (Å²) in [7, 11) is 0. The minimum Gasteiger partial charge on any atom is -0.479 e. The van der Waals surface area contributed by atoms with E-state index in [2.05, 4.69) is 10.6 Å². The van der Waals surface area contributed by atoms with E-state index < -0.39 is 41.6 Å². The highest BCUT2D eigenvalue weighted by atomic mass is 19.1. The Balaban J connectivity index is 2.31. The van der Waals surface area contributed by atoms with E-state index in [9.17, 15) is 28.3 Å². The van der Waals surface area contributed by atoms with Crippen LogP contribution in [-0.2, 0) is 9.59 Å². The number of benzene rings is 1. The lowest BCUT2D eigenvalue weighted by Gasteiger charge is -2.18. The second-order valence-electron chi connectivity index (χ2n) is 5.34. The van der Waals surface area contributed by atoms with Gasteiger partial charge in [0.05, 0.1) is 12.1 Å². The van der Waals surface area contributed by atoms with Gasteiger partial charge in [0, 0.05) is 19.0 Å². The average molecular weight is 344 g/mol. The Labute approximate surface area is 136 Å². The second-order valence-corrected chi connectivity index (χ2v) is 5.34. The summed E-state index contributed by atoms with van der Waals surface area (Å²) in [5, 5.41) is 22.7. The zero-order valence-corrected chi connectivity index (χ0v) is 12.9. The molecule has 0 radical (unpaired) electrons. The first kappa shape index (κ1) is 19.5. The molecule has 1 unspecified atom stereocenters. The number of aliphatic hydroxyl groups is 1. The Morgan fingerprint density at radius 3 is 2.46 bits per heavy atom. The summed E-state index contributed by atoms with van der Waals surface area (Å²) < 4.78 is 26.1. The van der Waals surface area contributed by atoms with Crippen molar-refractivity contribution in [1.29, 1.82) is 0 Å². The summed E-state index contributed by atoms with van der Waals surface area (Å²) in [5.41, 5.74) is -2.37. The molecule has 1 aromatic carbocycles. The summed E-state index contributed by atoms with van der Waals surface area (Å²) in [5.74, 6) is -4.48. The van der Waals surface area contributed by atoms with Gasteiger partial charge in [-0.3, -0.25) is 9.59 Å². The molecule has 7 nitrogen and oxygen atoms in total. The third-order valence-electron chi connectivity index (χ3n) is 3.13. The molecule has 24 heavy (non-hydrogen) atoms. The van der Waals surface area contributed by atoms with E-state index in [0.29, 0.717) is 6.07 Å². The molecule has 0 aliphatic carbocycles. The van der Waals surface area contributed by atoms with Crippen molar-refractivity contribution in [1.82, 2.24) is 10.6 Å². The maximum atomic E-state index is 13.4. The van der Waals surface area contributed by atoms with Crippen molar-refractivity contribution in [2.45, 2.75) is 25.4 Å². The third-order valence-corrected chi connectivity index (χ3v) is 3.13. The van der Waals surface area contributed by atoms with Crippen LogP contribution in [-0.4, -0.2) is 46.7 Å². The van der Waals surface area contributed by atoms with Gasteiger partial charge in [-0.1, -0.05) is 0 Å². The van der Waals surface area contributed by atoms with Gasteiger partial charge in [0.2, 0.25) is 5.91 Å². The summed E-state index contributed by atoms with van der Waals surface area (Å²) in [4.78, 5) is 33.8. The lowest BCUT2D eigenvalue weighted by molar-refractivity contribution is -0.156. The quantitative estimate of drug-likeness (QED) is 0.510. The first-order valence-corrected chi connectivity index (χ1v) is 7.09. The van der Waals surface area contributed by atoms with Crippen LogP contribution in [0.3, 0.4) is 0 Å². The van der Waals surface area contributed by atoms with E-state index in [-0.39, 0.29) is 24.9 Å². The van der Waals surface area contributed by atoms with Crippen LogP contribution in [0.15, 0.2) is 18.2 Å². The van der Waals surface area contributed by atoms with Gasteiger partial charge in [-0.2, -0.15) is 0 Å². The number of carboxylic acids is 1. The van der Waals surface area contributed by atoms with E-state index in [4.69, 9.17) is 5.11 Å². The molecule has 1 aromatic rings. The number of hydrogen-bond donors (Lipinski definition) is 4. The first-order chi connectivity index (χ1) is 11.1. The smallest absolute Gasteiger partial charge is 0.337 e. The first-order valence-electron chi connectivity index (χ1n) is 7.09. The van der Waals surface area contributed by atoms with Crippen LogP contribution in [0.25, 0.3) is 0 Å². The second kappa shape index (κ2) is 8.34. The summed E-state index contributed by atoms with van der Waals surface area (Å²) in [6, 6.07) is 2.57. The number of amides is 2. The lowest BCUT2D eigenvalue weighted by Crippen LogP contribution is -2.46. The fourth-order valence-corrected chi connectivity index (χ4v) is 1.65. The number of nitrogens with one attached hydrogen (secondary N) is 2. The molecule has 4 N–H and O–H groups in total. The van der Waals surface area contributed by atoms with E-state index in [1.54, 1.807) is 0 Å². The van der Waals surface area contributed by atoms with Crippen LogP contribution >= 0.6 is 0 Å². The fraction of sp³-hybridized carbons (Fsp3) is 0.400. The molecular weight excluding hydrogens is 326 g/mol. The molecule has 2 amide bonds. The van der Waals surface area contributed by atoms with Gasteiger partial charge < -0.3 is 20.8 Å². The SMILES string of the molecule is CC(O)(CNC(=O)CCCNC(=O)c1ccc(F)cc1F)C(=O)O. The van der Waals surface area contributed by atoms with E-state index in [1.165, 1.54) is 0 Å². The predicted molar refractivity (Wildman–Crippen MR) is 79.2 cm³/mol. The Hall–Kier alpha value is -2.55. The average Bonchev–Trinajstić information content (AvgIpc) is 2.49. The highest BCUT2D eigenvalue weighted by molar-refractivity contribution is 5.94. The highest BCUT2D eigenvalue weighted by Gasteiger charge is 2.30. The van der Waals surface area contributed by atoms with Crippen molar-refractivity contribution < 1.29 is 33.4 Å². The molecule has 9 heteroatoms. The number of carbonyl (C=O) groups excluding carboxylic acids is 2. The Morgan fingerprint density at radius 1 is 1.21 bits per heavy atom. The molecule has 0 spiro atoms. The normalized spacial score (nSPS) is 13.0. The van der Waals surface area contributed by atoms with Crippen LogP contribution in [0.2, 0.25) is 0 Å². The van der Waals surface area contributed by atoms with Crippen LogP contribution in [0.1, 0.15) is 30.1 Å². The number of carbonyl (C=O) groups is 3. The van der Waals surface area contributed by atoms with Crippen LogP contribution in [0, 0.1) is 11.6 Å². The van der Waals surface area contributed by atoms with Crippen LogP contribution in [0.4, 0.5) is 8.78 Å². The molecule has 0 bridgehead atoms. The molecule has 0 saturated carbocycles. The fourth-order valence-electron chi connectivity index (χ4n) is 1.65. The molecule has 1 rings (SSSR count). The topological polar surface area (TPSA) is 116 Å². The molecular formula is C15H18F2N2O5. The standard InChI is InChI=1S/C15H18F2N2O5/c1-15(24,14(22)23)8-19-12(20)3-2-6-18-13(21)10-5-4-9(16)7-11(10)17/h4-5,7,24H,2-3,6,8H2,1H3,(H,18,21)(H,19,20)(H,22,23). The molecule has 0 heterocycles. The van der Waals surface area contributed by atoms with Gasteiger partial charge in [0.1, 0.15) is 11.6 Å². The molecule has 1 atom stereocenters. The van der Waals surface area contributed by atoms with Crippen molar-refractivity contribution >= 4 is 17.8 Å². The van der Waals surface area contributed by atoms with E-state index in [0.717, 1.165) is 19.1 Å². The lowest BCUT2D eigenvalue weighted by atomic mass is 10.1. The number of aliphatic carboxylic acids is 1. The maximum Gasteiger partial charge on any atom is 0.337 e. The minimum atomic E-state index is -2.07. The van der Waals surface area contributed by atoms with Crippen LogP contribution in [0.5, 0.6) is 0 Å². The monoisotopic (exact) mass is 344 g/mol. The summed E-state index contributed by atoms with van der Waals surface area (Å²) in [6.45, 7) is 0.666. The van der Waals surface area contributed by atoms with Gasteiger partial charge >= 0.3 is 5.97 Å². The summed E-state index contributed by atoms with van der Waals surface area (Å²) >= 11 is 0. The number of halogens is 2. The molecule has 0 aliphatic rings. The van der Waals surface area contributed by atoms with Gasteiger partial charge in [0.15, 0.2) is 5.60 Å². The van der Waals surface area contributed by atoms with E-state index >= 15 is 0 Å². The minimum absolute atomic E-state index is 0.0259. The van der Waals surface area contributed by atoms with Crippen molar-refractivity contribution in [2.75, 3.05) is 13.1 Å². The van der Waals surface area contributed by atoms with Gasteiger partial charge in [-0.25, -0.2) is 13.6 Å². The van der Waals surface area contributed by atoms with Crippen molar-refractivity contribution in [3.63, 3.8) is 0 Å². The highest BCUT2D eigenvalue weighted by Crippen LogP contribution is 2.09. The van der Waals surface area contributed by atoms with Crippen molar-refractivity contribution in [3.05, 3.63) is 35.4 Å². The van der Waals surface area contributed by atoms with Crippen molar-refractivity contribution in [3.8, 4) is 0 Å². The molecule has 0 aromatic heterocycles. The zero-order valence-electron chi connectivity index (χ0n) is 12.9.